The fourth-order valence-corrected chi connectivity index (χ4v) is 3.02. The molecule has 1 saturated carbocycles. The Morgan fingerprint density at radius 3 is 2.85 bits per heavy atom. The standard InChI is InChI=1S/C16H23FN2O/c1-16(2)8-4-3-5-13(16)15(20)19-12-6-7-14(17)11(9-12)10-18/h6-7,9,13H,3-5,8,10,18H2,1-2H3,(H,19,20). The summed E-state index contributed by atoms with van der Waals surface area (Å²) in [4.78, 5) is 12.4. The molecular formula is C16H23FN2O. The quantitative estimate of drug-likeness (QED) is 0.890. The van der Waals surface area contributed by atoms with Crippen molar-refractivity contribution in [2.24, 2.45) is 17.1 Å². The molecule has 1 amide bonds. The molecule has 0 bridgehead atoms. The van der Waals surface area contributed by atoms with Crippen molar-refractivity contribution in [3.05, 3.63) is 29.6 Å². The second-order valence-electron chi connectivity index (χ2n) is 6.29. The van der Waals surface area contributed by atoms with Gasteiger partial charge in [-0.15, -0.1) is 0 Å². The molecule has 0 saturated heterocycles. The molecule has 1 unspecified atom stereocenters. The molecule has 0 heterocycles. The highest BCUT2D eigenvalue weighted by Crippen LogP contribution is 2.41. The minimum absolute atomic E-state index is 0.0163. The van der Waals surface area contributed by atoms with Crippen LogP contribution in [0, 0.1) is 17.2 Å². The molecule has 20 heavy (non-hydrogen) atoms. The van der Waals surface area contributed by atoms with Crippen LogP contribution in [0.25, 0.3) is 0 Å². The van der Waals surface area contributed by atoms with Crippen molar-refractivity contribution in [2.75, 3.05) is 5.32 Å². The maximum atomic E-state index is 13.4. The number of carbonyl (C=O) groups is 1. The summed E-state index contributed by atoms with van der Waals surface area (Å²) in [5.74, 6) is -0.282. The van der Waals surface area contributed by atoms with Crippen molar-refractivity contribution >= 4 is 11.6 Å². The van der Waals surface area contributed by atoms with Gasteiger partial charge < -0.3 is 11.1 Å². The Labute approximate surface area is 119 Å². The monoisotopic (exact) mass is 278 g/mol. The van der Waals surface area contributed by atoms with E-state index in [4.69, 9.17) is 5.73 Å². The maximum Gasteiger partial charge on any atom is 0.228 e. The third-order valence-corrected chi connectivity index (χ3v) is 4.36. The van der Waals surface area contributed by atoms with Gasteiger partial charge in [0.1, 0.15) is 5.82 Å². The predicted molar refractivity (Wildman–Crippen MR) is 78.7 cm³/mol. The van der Waals surface area contributed by atoms with Crippen LogP contribution in [0.15, 0.2) is 18.2 Å². The van der Waals surface area contributed by atoms with Gasteiger partial charge in [-0.2, -0.15) is 0 Å². The number of amides is 1. The Balaban J connectivity index is 2.11. The largest absolute Gasteiger partial charge is 0.326 e. The third-order valence-electron chi connectivity index (χ3n) is 4.36. The number of benzene rings is 1. The van der Waals surface area contributed by atoms with Gasteiger partial charge in [-0.3, -0.25) is 4.79 Å². The van der Waals surface area contributed by atoms with Crippen molar-refractivity contribution in [2.45, 2.75) is 46.1 Å². The molecule has 0 aliphatic heterocycles. The SMILES string of the molecule is CC1(C)CCCCC1C(=O)Nc1ccc(F)c(CN)c1. The van der Waals surface area contributed by atoms with E-state index in [2.05, 4.69) is 19.2 Å². The number of halogens is 1. The number of nitrogens with two attached hydrogens (primary N) is 1. The van der Waals surface area contributed by atoms with Gasteiger partial charge in [0.15, 0.2) is 0 Å². The lowest BCUT2D eigenvalue weighted by molar-refractivity contribution is -0.124. The molecule has 0 radical (unpaired) electrons. The minimum atomic E-state index is -0.330. The second-order valence-corrected chi connectivity index (χ2v) is 6.29. The normalized spacial score (nSPS) is 21.5. The van der Waals surface area contributed by atoms with Crippen molar-refractivity contribution < 1.29 is 9.18 Å². The fourth-order valence-electron chi connectivity index (χ4n) is 3.02. The molecule has 2 rings (SSSR count). The van der Waals surface area contributed by atoms with E-state index in [1.807, 2.05) is 0 Å². The molecule has 1 fully saturated rings. The minimum Gasteiger partial charge on any atom is -0.326 e. The van der Waals surface area contributed by atoms with E-state index in [0.717, 1.165) is 19.3 Å². The Kier molecular flexibility index (Phi) is 4.43. The van der Waals surface area contributed by atoms with Gasteiger partial charge in [0, 0.05) is 23.7 Å². The van der Waals surface area contributed by atoms with E-state index in [1.165, 1.54) is 12.5 Å². The first-order chi connectivity index (χ1) is 9.44. The molecule has 0 aromatic heterocycles. The molecule has 0 spiro atoms. The van der Waals surface area contributed by atoms with Gasteiger partial charge in [0.2, 0.25) is 5.91 Å². The molecule has 1 atom stereocenters. The highest BCUT2D eigenvalue weighted by Gasteiger charge is 2.37. The van der Waals surface area contributed by atoms with Crippen molar-refractivity contribution in [1.29, 1.82) is 0 Å². The van der Waals surface area contributed by atoms with Crippen LogP contribution in [0.2, 0.25) is 0 Å². The number of anilines is 1. The molecule has 1 aliphatic carbocycles. The molecule has 3 nitrogen and oxygen atoms in total. The van der Waals surface area contributed by atoms with Crippen LogP contribution in [0.4, 0.5) is 10.1 Å². The van der Waals surface area contributed by atoms with E-state index >= 15 is 0 Å². The van der Waals surface area contributed by atoms with Gasteiger partial charge in [-0.1, -0.05) is 26.7 Å². The van der Waals surface area contributed by atoms with E-state index in [9.17, 15) is 9.18 Å². The first-order valence-corrected chi connectivity index (χ1v) is 7.23. The zero-order valence-corrected chi connectivity index (χ0v) is 12.2. The highest BCUT2D eigenvalue weighted by atomic mass is 19.1. The third kappa shape index (κ3) is 3.18. The van der Waals surface area contributed by atoms with E-state index in [1.54, 1.807) is 12.1 Å². The summed E-state index contributed by atoms with van der Waals surface area (Å²) in [5.41, 5.74) is 6.56. The molecule has 3 N–H and O–H groups in total. The Morgan fingerprint density at radius 2 is 2.20 bits per heavy atom. The summed E-state index contributed by atoms with van der Waals surface area (Å²) in [5, 5.41) is 2.91. The van der Waals surface area contributed by atoms with Crippen LogP contribution >= 0.6 is 0 Å². The lowest BCUT2D eigenvalue weighted by Gasteiger charge is -2.37. The summed E-state index contributed by atoms with van der Waals surface area (Å²) < 4.78 is 13.4. The maximum absolute atomic E-state index is 13.4. The number of rotatable bonds is 3. The van der Waals surface area contributed by atoms with Crippen LogP contribution in [0.1, 0.15) is 45.1 Å². The zero-order chi connectivity index (χ0) is 14.8. The average molecular weight is 278 g/mol. The zero-order valence-electron chi connectivity index (χ0n) is 12.2. The van der Waals surface area contributed by atoms with Gasteiger partial charge in [-0.05, 0) is 36.5 Å². The predicted octanol–water partition coefficient (Wildman–Crippen LogP) is 3.44. The molecule has 110 valence electrons. The van der Waals surface area contributed by atoms with Crippen molar-refractivity contribution in [3.8, 4) is 0 Å². The first kappa shape index (κ1) is 15.0. The summed E-state index contributed by atoms with van der Waals surface area (Å²) in [6, 6.07) is 4.55. The van der Waals surface area contributed by atoms with E-state index < -0.39 is 0 Å². The topological polar surface area (TPSA) is 55.1 Å². The van der Waals surface area contributed by atoms with Gasteiger partial charge in [0.05, 0.1) is 0 Å². The number of nitrogens with one attached hydrogen (secondary N) is 1. The molecule has 4 heteroatoms. The van der Waals surface area contributed by atoms with Crippen molar-refractivity contribution in [1.82, 2.24) is 0 Å². The lowest BCUT2D eigenvalue weighted by atomic mass is 9.68. The number of carbonyl (C=O) groups excluding carboxylic acids is 1. The highest BCUT2D eigenvalue weighted by molar-refractivity contribution is 5.93. The fraction of sp³-hybridized carbons (Fsp3) is 0.562. The number of hydrogen-bond donors (Lipinski definition) is 2. The molecule has 1 aromatic rings. The van der Waals surface area contributed by atoms with Crippen LogP contribution in [-0.4, -0.2) is 5.91 Å². The van der Waals surface area contributed by atoms with Crippen LogP contribution in [0.5, 0.6) is 0 Å². The summed E-state index contributed by atoms with van der Waals surface area (Å²) in [6.45, 7) is 4.42. The smallest absolute Gasteiger partial charge is 0.228 e. The van der Waals surface area contributed by atoms with Crippen LogP contribution < -0.4 is 11.1 Å². The lowest BCUT2D eigenvalue weighted by Crippen LogP contribution is -2.37. The van der Waals surface area contributed by atoms with Gasteiger partial charge in [0.25, 0.3) is 0 Å². The summed E-state index contributed by atoms with van der Waals surface area (Å²) in [7, 11) is 0. The van der Waals surface area contributed by atoms with Gasteiger partial charge >= 0.3 is 0 Å². The Hall–Kier alpha value is -1.42. The van der Waals surface area contributed by atoms with Gasteiger partial charge in [-0.25, -0.2) is 4.39 Å². The van der Waals surface area contributed by atoms with E-state index in [-0.39, 0.29) is 29.6 Å². The molecule has 1 aliphatic rings. The summed E-state index contributed by atoms with van der Waals surface area (Å²) >= 11 is 0. The molecular weight excluding hydrogens is 255 g/mol. The van der Waals surface area contributed by atoms with Crippen LogP contribution in [0.3, 0.4) is 0 Å². The Morgan fingerprint density at radius 1 is 1.45 bits per heavy atom. The Bertz CT molecular complexity index is 499. The van der Waals surface area contributed by atoms with Crippen molar-refractivity contribution in [3.63, 3.8) is 0 Å². The van der Waals surface area contributed by atoms with Crippen LogP contribution in [-0.2, 0) is 11.3 Å². The second kappa shape index (κ2) is 5.92. The average Bonchev–Trinajstić information content (AvgIpc) is 2.40. The summed E-state index contributed by atoms with van der Waals surface area (Å²) in [6.07, 6.45) is 4.27. The van der Waals surface area contributed by atoms with E-state index in [0.29, 0.717) is 11.3 Å². The molecule has 1 aromatic carbocycles. The first-order valence-electron chi connectivity index (χ1n) is 7.23. The number of hydrogen-bond acceptors (Lipinski definition) is 2.